The number of carbonyl (C=O) groups excluding carboxylic acids is 1. The molecule has 0 saturated carbocycles. The van der Waals surface area contributed by atoms with Crippen LogP contribution in [0.4, 0.5) is 0 Å². The van der Waals surface area contributed by atoms with Gasteiger partial charge >= 0.3 is 0 Å². The van der Waals surface area contributed by atoms with Gasteiger partial charge in [0, 0.05) is 6.04 Å². The van der Waals surface area contributed by atoms with Crippen LogP contribution in [0.5, 0.6) is 0 Å². The fourth-order valence-electron chi connectivity index (χ4n) is 2.59. The molecular weight excluding hydrogens is 236 g/mol. The van der Waals surface area contributed by atoms with E-state index in [9.17, 15) is 4.79 Å². The van der Waals surface area contributed by atoms with Crippen molar-refractivity contribution in [2.75, 3.05) is 13.1 Å². The highest BCUT2D eigenvalue weighted by molar-refractivity contribution is 5.79. The zero-order valence-electron chi connectivity index (χ0n) is 12.1. The normalized spacial score (nSPS) is 23.1. The van der Waals surface area contributed by atoms with Gasteiger partial charge in [0.15, 0.2) is 0 Å². The molecule has 2 rings (SSSR count). The van der Waals surface area contributed by atoms with Crippen molar-refractivity contribution in [3.63, 3.8) is 0 Å². The average molecular weight is 260 g/mol. The first kappa shape index (κ1) is 14.1. The zero-order valence-corrected chi connectivity index (χ0v) is 12.1. The van der Waals surface area contributed by atoms with Gasteiger partial charge in [0.25, 0.3) is 0 Å². The second kappa shape index (κ2) is 6.20. The van der Waals surface area contributed by atoms with Gasteiger partial charge < -0.3 is 10.6 Å². The molecule has 0 aromatic heterocycles. The number of amides is 1. The fourth-order valence-corrected chi connectivity index (χ4v) is 2.59. The number of carbonyl (C=O) groups is 1. The smallest absolute Gasteiger partial charge is 0.224 e. The third kappa shape index (κ3) is 3.80. The Morgan fingerprint density at radius 1 is 1.37 bits per heavy atom. The summed E-state index contributed by atoms with van der Waals surface area (Å²) in [6, 6.07) is 6.57. The van der Waals surface area contributed by atoms with Gasteiger partial charge in [0.2, 0.25) is 5.91 Å². The molecule has 2 atom stereocenters. The van der Waals surface area contributed by atoms with Crippen LogP contribution in [0.15, 0.2) is 18.2 Å². The number of aryl methyl sites for hydroxylation is 2. The lowest BCUT2D eigenvalue weighted by atomic mass is 9.95. The SMILES string of the molecule is Cc1ccc(CC(=O)NC2CCNCC2C)cc1C. The lowest BCUT2D eigenvalue weighted by Crippen LogP contribution is -2.48. The second-order valence-corrected chi connectivity index (χ2v) is 5.74. The van der Waals surface area contributed by atoms with Crippen LogP contribution < -0.4 is 10.6 Å². The standard InChI is InChI=1S/C16H24N2O/c1-11-4-5-14(8-12(11)2)9-16(19)18-15-6-7-17-10-13(15)3/h4-5,8,13,15,17H,6-7,9-10H2,1-3H3,(H,18,19). The number of hydrogen-bond acceptors (Lipinski definition) is 2. The van der Waals surface area contributed by atoms with Gasteiger partial charge in [0.05, 0.1) is 6.42 Å². The number of piperidine rings is 1. The van der Waals surface area contributed by atoms with Crippen LogP contribution in [0.1, 0.15) is 30.0 Å². The first-order valence-electron chi connectivity index (χ1n) is 7.12. The summed E-state index contributed by atoms with van der Waals surface area (Å²) in [4.78, 5) is 12.1. The minimum Gasteiger partial charge on any atom is -0.353 e. The molecule has 0 spiro atoms. The summed E-state index contributed by atoms with van der Waals surface area (Å²) in [7, 11) is 0. The molecule has 1 saturated heterocycles. The Labute approximate surface area is 115 Å². The van der Waals surface area contributed by atoms with Crippen LogP contribution in [-0.2, 0) is 11.2 Å². The summed E-state index contributed by atoms with van der Waals surface area (Å²) < 4.78 is 0. The van der Waals surface area contributed by atoms with Crippen molar-refractivity contribution in [1.29, 1.82) is 0 Å². The maximum atomic E-state index is 12.1. The van der Waals surface area contributed by atoms with Gasteiger partial charge in [-0.3, -0.25) is 4.79 Å². The van der Waals surface area contributed by atoms with E-state index in [2.05, 4.69) is 43.5 Å². The van der Waals surface area contributed by atoms with Gasteiger partial charge in [-0.2, -0.15) is 0 Å². The molecule has 1 aliphatic rings. The monoisotopic (exact) mass is 260 g/mol. The quantitative estimate of drug-likeness (QED) is 0.872. The topological polar surface area (TPSA) is 41.1 Å². The van der Waals surface area contributed by atoms with Crippen LogP contribution in [-0.4, -0.2) is 25.0 Å². The Bertz CT molecular complexity index is 456. The molecule has 0 aliphatic carbocycles. The summed E-state index contributed by atoms with van der Waals surface area (Å²) in [6.07, 6.45) is 1.51. The van der Waals surface area contributed by atoms with Gasteiger partial charge in [-0.05, 0) is 56.0 Å². The Morgan fingerprint density at radius 2 is 2.16 bits per heavy atom. The maximum absolute atomic E-state index is 12.1. The molecule has 1 amide bonds. The number of nitrogens with one attached hydrogen (secondary N) is 2. The van der Waals surface area contributed by atoms with Crippen LogP contribution in [0.25, 0.3) is 0 Å². The molecule has 1 aromatic carbocycles. The molecule has 1 fully saturated rings. The summed E-state index contributed by atoms with van der Waals surface area (Å²) in [6.45, 7) is 8.36. The van der Waals surface area contributed by atoms with E-state index in [1.165, 1.54) is 11.1 Å². The van der Waals surface area contributed by atoms with E-state index < -0.39 is 0 Å². The molecule has 1 heterocycles. The summed E-state index contributed by atoms with van der Waals surface area (Å²) >= 11 is 0. The molecule has 1 aliphatic heterocycles. The Balaban J connectivity index is 1.91. The van der Waals surface area contributed by atoms with E-state index in [1.807, 2.05) is 6.07 Å². The molecule has 2 N–H and O–H groups in total. The zero-order chi connectivity index (χ0) is 13.8. The van der Waals surface area contributed by atoms with E-state index in [4.69, 9.17) is 0 Å². The highest BCUT2D eigenvalue weighted by atomic mass is 16.1. The Morgan fingerprint density at radius 3 is 2.84 bits per heavy atom. The molecule has 0 radical (unpaired) electrons. The van der Waals surface area contributed by atoms with Crippen molar-refractivity contribution in [3.05, 3.63) is 34.9 Å². The van der Waals surface area contributed by atoms with E-state index in [-0.39, 0.29) is 5.91 Å². The minimum absolute atomic E-state index is 0.141. The largest absolute Gasteiger partial charge is 0.353 e. The second-order valence-electron chi connectivity index (χ2n) is 5.74. The van der Waals surface area contributed by atoms with Crippen molar-refractivity contribution in [3.8, 4) is 0 Å². The van der Waals surface area contributed by atoms with Gasteiger partial charge in [-0.1, -0.05) is 25.1 Å². The molecule has 3 heteroatoms. The van der Waals surface area contributed by atoms with Crippen LogP contribution >= 0.6 is 0 Å². The molecule has 19 heavy (non-hydrogen) atoms. The van der Waals surface area contributed by atoms with E-state index in [0.717, 1.165) is 25.1 Å². The molecule has 2 unspecified atom stereocenters. The third-order valence-corrected chi connectivity index (χ3v) is 4.07. The number of hydrogen-bond donors (Lipinski definition) is 2. The van der Waals surface area contributed by atoms with Crippen LogP contribution in [0.3, 0.4) is 0 Å². The van der Waals surface area contributed by atoms with Gasteiger partial charge in [-0.25, -0.2) is 0 Å². The van der Waals surface area contributed by atoms with Gasteiger partial charge in [0.1, 0.15) is 0 Å². The third-order valence-electron chi connectivity index (χ3n) is 4.07. The van der Waals surface area contributed by atoms with E-state index in [1.54, 1.807) is 0 Å². The average Bonchev–Trinajstić information content (AvgIpc) is 2.37. The van der Waals surface area contributed by atoms with Crippen molar-refractivity contribution in [1.82, 2.24) is 10.6 Å². The Kier molecular flexibility index (Phi) is 4.59. The summed E-state index contributed by atoms with van der Waals surface area (Å²) in [5.41, 5.74) is 3.62. The Hall–Kier alpha value is -1.35. The van der Waals surface area contributed by atoms with Crippen molar-refractivity contribution >= 4 is 5.91 Å². The van der Waals surface area contributed by atoms with Crippen molar-refractivity contribution in [2.45, 2.75) is 39.7 Å². The molecular formula is C16H24N2O. The minimum atomic E-state index is 0.141. The van der Waals surface area contributed by atoms with Crippen LogP contribution in [0.2, 0.25) is 0 Å². The lowest BCUT2D eigenvalue weighted by molar-refractivity contribution is -0.121. The van der Waals surface area contributed by atoms with E-state index >= 15 is 0 Å². The van der Waals surface area contributed by atoms with Gasteiger partial charge in [-0.15, -0.1) is 0 Å². The lowest BCUT2D eigenvalue weighted by Gasteiger charge is -2.30. The maximum Gasteiger partial charge on any atom is 0.224 e. The number of rotatable bonds is 3. The van der Waals surface area contributed by atoms with Crippen molar-refractivity contribution < 1.29 is 4.79 Å². The highest BCUT2D eigenvalue weighted by Gasteiger charge is 2.22. The predicted octanol–water partition coefficient (Wildman–Crippen LogP) is 1.96. The highest BCUT2D eigenvalue weighted by Crippen LogP contribution is 2.12. The van der Waals surface area contributed by atoms with Crippen LogP contribution in [0, 0.1) is 19.8 Å². The number of benzene rings is 1. The molecule has 1 aromatic rings. The van der Waals surface area contributed by atoms with E-state index in [0.29, 0.717) is 18.4 Å². The fraction of sp³-hybridized carbons (Fsp3) is 0.562. The molecule has 0 bridgehead atoms. The molecule has 3 nitrogen and oxygen atoms in total. The predicted molar refractivity (Wildman–Crippen MR) is 78.2 cm³/mol. The summed E-state index contributed by atoms with van der Waals surface area (Å²) in [5, 5.41) is 6.52. The molecule has 104 valence electrons. The summed E-state index contributed by atoms with van der Waals surface area (Å²) in [5.74, 6) is 0.652. The van der Waals surface area contributed by atoms with Crippen molar-refractivity contribution in [2.24, 2.45) is 5.92 Å². The first-order valence-corrected chi connectivity index (χ1v) is 7.12. The first-order chi connectivity index (χ1) is 9.06.